The van der Waals surface area contributed by atoms with Crippen LogP contribution < -0.4 is 0 Å². The largest absolute Gasteiger partial charge is 0.469 e. The van der Waals surface area contributed by atoms with Gasteiger partial charge in [-0.25, -0.2) is 0 Å². The number of hydrogen-bond acceptors (Lipinski definition) is 13. The molecule has 2 saturated heterocycles. The second-order valence-electron chi connectivity index (χ2n) is 11.4. The number of aliphatic hydroxyl groups excluding tert-OH is 7. The topological polar surface area (TPSA) is 205 Å². The molecule has 13 nitrogen and oxygen atoms in total. The number of hydrogen-bond donors (Lipinski definition) is 7. The average molecular weight is 635 g/mol. The number of allylic oxidation sites excluding steroid dienone is 4. The molecule has 44 heavy (non-hydrogen) atoms. The Bertz CT molecular complexity index is 837. The van der Waals surface area contributed by atoms with Crippen molar-refractivity contribution < 1.29 is 64.2 Å². The maximum absolute atomic E-state index is 11.1. The maximum atomic E-state index is 11.1. The van der Waals surface area contributed by atoms with E-state index in [0.29, 0.717) is 12.8 Å². The van der Waals surface area contributed by atoms with E-state index in [1.807, 2.05) is 6.92 Å². The molecular weight excluding hydrogens is 580 g/mol. The third-order valence-electron chi connectivity index (χ3n) is 7.90. The van der Waals surface area contributed by atoms with Crippen LogP contribution in [-0.4, -0.2) is 130 Å². The van der Waals surface area contributed by atoms with Gasteiger partial charge in [-0.3, -0.25) is 4.79 Å². The Labute approximate surface area is 260 Å². The van der Waals surface area contributed by atoms with E-state index in [-0.39, 0.29) is 12.1 Å². The van der Waals surface area contributed by atoms with Gasteiger partial charge >= 0.3 is 5.97 Å². The molecule has 2 rings (SSSR count). The van der Waals surface area contributed by atoms with Gasteiger partial charge < -0.3 is 59.4 Å². The van der Waals surface area contributed by atoms with Gasteiger partial charge in [0.1, 0.15) is 48.8 Å². The molecule has 0 aromatic heterocycles. The predicted molar refractivity (Wildman–Crippen MR) is 158 cm³/mol. The molecule has 2 heterocycles. The first-order valence-corrected chi connectivity index (χ1v) is 15.7. The van der Waals surface area contributed by atoms with Crippen LogP contribution in [0.15, 0.2) is 24.3 Å². The van der Waals surface area contributed by atoms with E-state index < -0.39 is 74.6 Å². The minimum atomic E-state index is -1.72. The molecule has 0 radical (unpaired) electrons. The molecule has 1 unspecified atom stereocenters. The number of carbonyl (C=O) groups is 1. The molecule has 2 fully saturated rings. The SMILES string of the molecule is COC(=O)CCCCCCC/C=C\C/C=C\CCCC(C)O[C@@H]1O[C@H](CO)[C@@H](O)[C@H](O)[C@H]1O[C@@H]1O[C@H](CO)[C@@H](O)[C@H](O)[C@H]1O. The van der Waals surface area contributed by atoms with Gasteiger partial charge in [0.05, 0.1) is 26.4 Å². The summed E-state index contributed by atoms with van der Waals surface area (Å²) in [6.07, 6.45) is 3.42. The lowest BCUT2D eigenvalue weighted by atomic mass is 9.97. The summed E-state index contributed by atoms with van der Waals surface area (Å²) in [7, 11) is 1.41. The molecule has 256 valence electrons. The second-order valence-corrected chi connectivity index (χ2v) is 11.4. The molecule has 11 atom stereocenters. The Morgan fingerprint density at radius 2 is 1.30 bits per heavy atom. The molecule has 0 saturated carbocycles. The van der Waals surface area contributed by atoms with E-state index in [2.05, 4.69) is 29.0 Å². The third kappa shape index (κ3) is 12.7. The third-order valence-corrected chi connectivity index (χ3v) is 7.90. The molecule has 0 bridgehead atoms. The summed E-state index contributed by atoms with van der Waals surface area (Å²) >= 11 is 0. The average Bonchev–Trinajstić information content (AvgIpc) is 3.02. The summed E-state index contributed by atoms with van der Waals surface area (Å²) in [6, 6.07) is 0. The lowest BCUT2D eigenvalue weighted by Gasteiger charge is -2.46. The van der Waals surface area contributed by atoms with Gasteiger partial charge in [0.25, 0.3) is 0 Å². The van der Waals surface area contributed by atoms with Crippen molar-refractivity contribution in [3.63, 3.8) is 0 Å². The van der Waals surface area contributed by atoms with Crippen molar-refractivity contribution in [3.8, 4) is 0 Å². The van der Waals surface area contributed by atoms with Crippen molar-refractivity contribution in [3.05, 3.63) is 24.3 Å². The lowest BCUT2D eigenvalue weighted by molar-refractivity contribution is -0.371. The number of ether oxygens (including phenoxy) is 5. The predicted octanol–water partition coefficient (Wildman–Crippen LogP) is 0.592. The number of esters is 1. The molecule has 0 aromatic carbocycles. The highest BCUT2D eigenvalue weighted by molar-refractivity contribution is 5.68. The van der Waals surface area contributed by atoms with Crippen molar-refractivity contribution in [1.29, 1.82) is 0 Å². The quantitative estimate of drug-likeness (QED) is 0.0557. The molecule has 7 N–H and O–H groups in total. The molecule has 13 heteroatoms. The fourth-order valence-corrected chi connectivity index (χ4v) is 5.14. The summed E-state index contributed by atoms with van der Waals surface area (Å²) in [5.41, 5.74) is 0. The highest BCUT2D eigenvalue weighted by Crippen LogP contribution is 2.30. The highest BCUT2D eigenvalue weighted by Gasteiger charge is 2.51. The molecular formula is C31H54O13. The Morgan fingerprint density at radius 1 is 0.727 bits per heavy atom. The smallest absolute Gasteiger partial charge is 0.305 e. The van der Waals surface area contributed by atoms with Gasteiger partial charge in [-0.1, -0.05) is 43.6 Å². The highest BCUT2D eigenvalue weighted by atomic mass is 16.8. The van der Waals surface area contributed by atoms with Crippen molar-refractivity contribution in [1.82, 2.24) is 0 Å². The van der Waals surface area contributed by atoms with E-state index in [0.717, 1.165) is 57.8 Å². The first-order chi connectivity index (χ1) is 21.1. The second kappa shape index (κ2) is 21.3. The van der Waals surface area contributed by atoms with E-state index in [1.54, 1.807) is 0 Å². The monoisotopic (exact) mass is 634 g/mol. The van der Waals surface area contributed by atoms with Gasteiger partial charge in [0.2, 0.25) is 0 Å². The zero-order valence-electron chi connectivity index (χ0n) is 25.9. The summed E-state index contributed by atoms with van der Waals surface area (Å²) in [4.78, 5) is 11.1. The fraction of sp³-hybridized carbons (Fsp3) is 0.839. The fourth-order valence-electron chi connectivity index (χ4n) is 5.14. The zero-order valence-corrected chi connectivity index (χ0v) is 25.9. The van der Waals surface area contributed by atoms with E-state index in [4.69, 9.17) is 18.9 Å². The normalized spacial score (nSPS) is 33.7. The molecule has 0 amide bonds. The number of rotatable bonds is 20. The summed E-state index contributed by atoms with van der Waals surface area (Å²) in [5.74, 6) is -0.145. The van der Waals surface area contributed by atoms with Crippen LogP contribution in [0.5, 0.6) is 0 Å². The zero-order chi connectivity index (χ0) is 32.5. The minimum absolute atomic E-state index is 0.145. The van der Waals surface area contributed by atoms with Crippen LogP contribution in [-0.2, 0) is 28.5 Å². The van der Waals surface area contributed by atoms with Gasteiger partial charge in [0.15, 0.2) is 12.6 Å². The number of unbranched alkanes of at least 4 members (excludes halogenated alkanes) is 6. The molecule has 2 aliphatic rings. The van der Waals surface area contributed by atoms with Crippen LogP contribution in [0, 0.1) is 0 Å². The van der Waals surface area contributed by atoms with Crippen molar-refractivity contribution >= 4 is 5.97 Å². The standard InChI is InChI=1S/C31H54O13/c1-20(16-14-12-10-8-6-4-3-5-7-9-11-13-15-17-23(34)40-2)41-31-29(27(38)25(36)22(19-33)43-31)44-30-28(39)26(37)24(35)21(18-32)42-30/h3-4,8,10,20-22,24-33,35-39H,5-7,9,11-19H2,1-2H3/b4-3-,10-8-/t20?,21-,22-,24-,25-,26+,27+,28-,29-,30+,31-/m1/s1. The van der Waals surface area contributed by atoms with Crippen LogP contribution in [0.2, 0.25) is 0 Å². The number of carbonyl (C=O) groups excluding carboxylic acids is 1. The minimum Gasteiger partial charge on any atom is -0.469 e. The van der Waals surface area contributed by atoms with E-state index in [1.165, 1.54) is 7.11 Å². The van der Waals surface area contributed by atoms with Crippen molar-refractivity contribution in [2.75, 3.05) is 20.3 Å². The summed E-state index contributed by atoms with van der Waals surface area (Å²) in [5, 5.41) is 70.6. The molecule has 2 aliphatic heterocycles. The summed E-state index contributed by atoms with van der Waals surface area (Å²) in [6.45, 7) is 0.565. The first-order valence-electron chi connectivity index (χ1n) is 15.7. The first kappa shape index (κ1) is 38.7. The van der Waals surface area contributed by atoms with Crippen molar-refractivity contribution in [2.45, 2.75) is 145 Å². The molecule has 0 aliphatic carbocycles. The van der Waals surface area contributed by atoms with Gasteiger partial charge in [-0.15, -0.1) is 0 Å². The van der Waals surface area contributed by atoms with Crippen LogP contribution >= 0.6 is 0 Å². The number of methoxy groups -OCH3 is 1. The van der Waals surface area contributed by atoms with Crippen molar-refractivity contribution in [2.24, 2.45) is 0 Å². The Balaban J connectivity index is 1.72. The maximum Gasteiger partial charge on any atom is 0.305 e. The van der Waals surface area contributed by atoms with Crippen LogP contribution in [0.1, 0.15) is 77.6 Å². The van der Waals surface area contributed by atoms with E-state index >= 15 is 0 Å². The van der Waals surface area contributed by atoms with Crippen LogP contribution in [0.25, 0.3) is 0 Å². The van der Waals surface area contributed by atoms with Crippen LogP contribution in [0.3, 0.4) is 0 Å². The number of aliphatic hydroxyl groups is 7. The Morgan fingerprint density at radius 3 is 1.93 bits per heavy atom. The Kier molecular flexibility index (Phi) is 18.8. The molecule has 0 aromatic rings. The van der Waals surface area contributed by atoms with Gasteiger partial charge in [0, 0.05) is 6.42 Å². The summed E-state index contributed by atoms with van der Waals surface area (Å²) < 4.78 is 27.4. The van der Waals surface area contributed by atoms with Crippen LogP contribution in [0.4, 0.5) is 0 Å². The van der Waals surface area contributed by atoms with E-state index in [9.17, 15) is 40.5 Å². The van der Waals surface area contributed by atoms with Gasteiger partial charge in [-0.2, -0.15) is 0 Å². The van der Waals surface area contributed by atoms with Gasteiger partial charge in [-0.05, 0) is 51.9 Å². The molecule has 0 spiro atoms. The lowest BCUT2D eigenvalue weighted by Crippen LogP contribution is -2.64. The Hall–Kier alpha value is -1.49.